The second kappa shape index (κ2) is 7.09. The van der Waals surface area contributed by atoms with Crippen LogP contribution in [-0.2, 0) is 7.05 Å². The molecule has 170 valence electrons. The average Bonchev–Trinajstić information content (AvgIpc) is 3.58. The molecule has 4 heteroatoms. The Morgan fingerprint density at radius 1 is 0.528 bits per heavy atom. The highest BCUT2D eigenvalue weighted by Crippen LogP contribution is 2.38. The largest absolute Gasteiger partial charge is 0.456 e. The molecule has 0 bridgehead atoms. The van der Waals surface area contributed by atoms with Crippen molar-refractivity contribution in [3.63, 3.8) is 0 Å². The fourth-order valence-electron chi connectivity index (χ4n) is 5.40. The Bertz CT molecular complexity index is 2110. The van der Waals surface area contributed by atoms with Gasteiger partial charge in [-0.15, -0.1) is 0 Å². The first-order chi connectivity index (χ1) is 17.7. The van der Waals surface area contributed by atoms with Crippen LogP contribution in [0.15, 0.2) is 112 Å². The number of para-hydroxylation sites is 1. The molecule has 0 atom stereocenters. The summed E-state index contributed by atoms with van der Waals surface area (Å²) < 4.78 is 14.5. The van der Waals surface area contributed by atoms with Crippen molar-refractivity contribution in [3.8, 4) is 22.5 Å². The van der Waals surface area contributed by atoms with Gasteiger partial charge in [-0.25, -0.2) is 4.98 Å². The van der Waals surface area contributed by atoms with E-state index in [0.717, 1.165) is 77.4 Å². The molecule has 3 aromatic heterocycles. The van der Waals surface area contributed by atoms with Gasteiger partial charge in [-0.1, -0.05) is 60.7 Å². The predicted molar refractivity (Wildman–Crippen MR) is 146 cm³/mol. The molecule has 0 aliphatic rings. The number of hydrogen-bond acceptors (Lipinski definition) is 3. The summed E-state index contributed by atoms with van der Waals surface area (Å²) in [6.07, 6.45) is 0. The van der Waals surface area contributed by atoms with Crippen molar-refractivity contribution in [2.24, 2.45) is 7.05 Å². The molecule has 4 nitrogen and oxygen atoms in total. The maximum atomic E-state index is 6.25. The number of nitrogens with zero attached hydrogens (tertiary/aromatic N) is 2. The molecule has 0 aliphatic carbocycles. The third kappa shape index (κ3) is 2.72. The van der Waals surface area contributed by atoms with Crippen LogP contribution in [0.2, 0.25) is 0 Å². The molecule has 8 rings (SSSR count). The number of furan rings is 2. The number of rotatable bonds is 2. The van der Waals surface area contributed by atoms with Gasteiger partial charge in [-0.3, -0.25) is 0 Å². The van der Waals surface area contributed by atoms with Gasteiger partial charge < -0.3 is 13.4 Å². The highest BCUT2D eigenvalue weighted by atomic mass is 16.3. The van der Waals surface area contributed by atoms with Crippen molar-refractivity contribution in [1.29, 1.82) is 0 Å². The van der Waals surface area contributed by atoms with Crippen molar-refractivity contribution >= 4 is 54.9 Å². The van der Waals surface area contributed by atoms with Gasteiger partial charge in [0, 0.05) is 34.2 Å². The molecule has 3 heterocycles. The van der Waals surface area contributed by atoms with E-state index in [-0.39, 0.29) is 0 Å². The smallest absolute Gasteiger partial charge is 0.140 e. The standard InChI is InChI=1S/C32H20N2O2/c1-34-27-13-11-21(16-26(27)33-32(34)19-7-3-2-4-8-19)20-12-14-29-23(15-20)25-18-30-24(17-31(25)36-29)22-9-5-6-10-28(22)35-30/h2-18H,1H3. The first-order valence-electron chi connectivity index (χ1n) is 12.0. The summed E-state index contributed by atoms with van der Waals surface area (Å²) >= 11 is 0. The molecule has 36 heavy (non-hydrogen) atoms. The predicted octanol–water partition coefficient (Wildman–Crippen LogP) is 8.71. The monoisotopic (exact) mass is 464 g/mol. The van der Waals surface area contributed by atoms with Gasteiger partial charge in [-0.05, 0) is 53.6 Å². The van der Waals surface area contributed by atoms with Crippen LogP contribution >= 0.6 is 0 Å². The van der Waals surface area contributed by atoms with Crippen LogP contribution in [0.25, 0.3) is 77.4 Å². The topological polar surface area (TPSA) is 44.1 Å². The first-order valence-corrected chi connectivity index (χ1v) is 12.0. The average molecular weight is 465 g/mol. The molecule has 0 unspecified atom stereocenters. The third-order valence-electron chi connectivity index (χ3n) is 7.21. The summed E-state index contributed by atoms with van der Waals surface area (Å²) in [5.41, 5.74) is 8.97. The number of benzene rings is 5. The zero-order valence-electron chi connectivity index (χ0n) is 19.5. The quantitative estimate of drug-likeness (QED) is 0.257. The molecule has 0 saturated heterocycles. The minimum absolute atomic E-state index is 0.869. The molecule has 0 amide bonds. The Kier molecular flexibility index (Phi) is 3.84. The van der Waals surface area contributed by atoms with Crippen LogP contribution in [0.5, 0.6) is 0 Å². The molecular weight excluding hydrogens is 444 g/mol. The van der Waals surface area contributed by atoms with E-state index in [1.807, 2.05) is 36.4 Å². The van der Waals surface area contributed by atoms with Crippen molar-refractivity contribution in [1.82, 2.24) is 9.55 Å². The summed E-state index contributed by atoms with van der Waals surface area (Å²) in [5.74, 6) is 0.967. The van der Waals surface area contributed by atoms with Gasteiger partial charge in [0.15, 0.2) is 0 Å². The van der Waals surface area contributed by atoms with E-state index in [0.29, 0.717) is 0 Å². The van der Waals surface area contributed by atoms with E-state index >= 15 is 0 Å². The number of fused-ring (bicyclic) bond motifs is 7. The molecule has 0 N–H and O–H groups in total. The summed E-state index contributed by atoms with van der Waals surface area (Å²) in [7, 11) is 2.07. The van der Waals surface area contributed by atoms with Gasteiger partial charge >= 0.3 is 0 Å². The van der Waals surface area contributed by atoms with Crippen molar-refractivity contribution in [3.05, 3.63) is 103 Å². The van der Waals surface area contributed by atoms with Gasteiger partial charge in [0.2, 0.25) is 0 Å². The van der Waals surface area contributed by atoms with Crippen molar-refractivity contribution in [2.75, 3.05) is 0 Å². The molecule has 0 radical (unpaired) electrons. The number of imidazole rings is 1. The lowest BCUT2D eigenvalue weighted by Crippen LogP contribution is -1.91. The van der Waals surface area contributed by atoms with Crippen LogP contribution in [-0.4, -0.2) is 9.55 Å². The maximum Gasteiger partial charge on any atom is 0.140 e. The summed E-state index contributed by atoms with van der Waals surface area (Å²) in [4.78, 5) is 4.96. The fraction of sp³-hybridized carbons (Fsp3) is 0.0312. The van der Waals surface area contributed by atoms with E-state index in [2.05, 4.69) is 78.3 Å². The van der Waals surface area contributed by atoms with E-state index in [9.17, 15) is 0 Å². The van der Waals surface area contributed by atoms with Gasteiger partial charge in [0.1, 0.15) is 28.2 Å². The normalized spacial score (nSPS) is 12.0. The second-order valence-corrected chi connectivity index (χ2v) is 9.32. The molecule has 0 aliphatic heterocycles. The summed E-state index contributed by atoms with van der Waals surface area (Å²) in [6.45, 7) is 0. The number of aryl methyl sites for hydroxylation is 1. The lowest BCUT2D eigenvalue weighted by molar-refractivity contribution is 0.664. The zero-order valence-corrected chi connectivity index (χ0v) is 19.5. The summed E-state index contributed by atoms with van der Waals surface area (Å²) in [5, 5.41) is 4.32. The number of hydrogen-bond donors (Lipinski definition) is 0. The Balaban J connectivity index is 1.29. The lowest BCUT2D eigenvalue weighted by atomic mass is 10.0. The van der Waals surface area contributed by atoms with E-state index in [4.69, 9.17) is 13.8 Å². The molecule has 0 spiro atoms. The van der Waals surface area contributed by atoms with Crippen LogP contribution < -0.4 is 0 Å². The molecule has 8 aromatic rings. The minimum atomic E-state index is 0.869. The molecule has 5 aromatic carbocycles. The SMILES string of the molecule is Cn1c(-c2ccccc2)nc2cc(-c3ccc4oc5cc6c(cc5c4c3)oc3ccccc36)ccc21. The zero-order chi connectivity index (χ0) is 23.8. The molecule has 0 saturated carbocycles. The molecule has 0 fully saturated rings. The van der Waals surface area contributed by atoms with E-state index in [1.54, 1.807) is 0 Å². The van der Waals surface area contributed by atoms with E-state index < -0.39 is 0 Å². The van der Waals surface area contributed by atoms with Crippen LogP contribution in [0.1, 0.15) is 0 Å². The van der Waals surface area contributed by atoms with Crippen molar-refractivity contribution in [2.45, 2.75) is 0 Å². The fourth-order valence-corrected chi connectivity index (χ4v) is 5.40. The third-order valence-corrected chi connectivity index (χ3v) is 7.21. The van der Waals surface area contributed by atoms with Gasteiger partial charge in [0.05, 0.1) is 11.0 Å². The van der Waals surface area contributed by atoms with Crippen molar-refractivity contribution < 1.29 is 8.83 Å². The maximum absolute atomic E-state index is 6.25. The highest BCUT2D eigenvalue weighted by Gasteiger charge is 2.15. The second-order valence-electron chi connectivity index (χ2n) is 9.32. The highest BCUT2D eigenvalue weighted by molar-refractivity contribution is 6.15. The Hall–Kier alpha value is -4.83. The van der Waals surface area contributed by atoms with Crippen LogP contribution in [0.3, 0.4) is 0 Å². The summed E-state index contributed by atoms with van der Waals surface area (Å²) in [6, 6.07) is 35.5. The first kappa shape index (κ1) is 19.5. The van der Waals surface area contributed by atoms with E-state index in [1.165, 1.54) is 0 Å². The minimum Gasteiger partial charge on any atom is -0.456 e. The van der Waals surface area contributed by atoms with Gasteiger partial charge in [-0.2, -0.15) is 0 Å². The Morgan fingerprint density at radius 3 is 2.00 bits per heavy atom. The lowest BCUT2D eigenvalue weighted by Gasteiger charge is -2.03. The van der Waals surface area contributed by atoms with Crippen LogP contribution in [0, 0.1) is 0 Å². The Labute approximate surface area is 206 Å². The number of aromatic nitrogens is 2. The van der Waals surface area contributed by atoms with Crippen LogP contribution in [0.4, 0.5) is 0 Å². The molecular formula is C32H20N2O2. The Morgan fingerprint density at radius 2 is 1.17 bits per heavy atom. The van der Waals surface area contributed by atoms with Gasteiger partial charge in [0.25, 0.3) is 0 Å².